The van der Waals surface area contributed by atoms with Gasteiger partial charge in [0, 0.05) is 19.6 Å². The Morgan fingerprint density at radius 1 is 1.19 bits per heavy atom. The molecule has 0 spiro atoms. The molecule has 1 heterocycles. The molecule has 1 aromatic rings. The average molecular weight is 382 g/mol. The van der Waals surface area contributed by atoms with Crippen LogP contribution in [0.2, 0.25) is 0 Å². The molecule has 4 unspecified atom stereocenters. The van der Waals surface area contributed by atoms with Crippen LogP contribution in [0.25, 0.3) is 0 Å². The summed E-state index contributed by atoms with van der Waals surface area (Å²) in [4.78, 5) is 2.36. The summed E-state index contributed by atoms with van der Waals surface area (Å²) in [5.41, 5.74) is 2.86. The highest BCUT2D eigenvalue weighted by molar-refractivity contribution is 5.85. The molecule has 1 fully saturated rings. The van der Waals surface area contributed by atoms with E-state index in [-0.39, 0.29) is 12.4 Å². The van der Waals surface area contributed by atoms with Gasteiger partial charge in [0.1, 0.15) is 0 Å². The number of benzene rings is 1. The van der Waals surface area contributed by atoms with E-state index in [2.05, 4.69) is 49.9 Å². The predicted molar refractivity (Wildman–Crippen MR) is 110 cm³/mol. The van der Waals surface area contributed by atoms with E-state index in [9.17, 15) is 5.11 Å². The summed E-state index contributed by atoms with van der Waals surface area (Å²) in [6, 6.07) is 8.66. The van der Waals surface area contributed by atoms with E-state index >= 15 is 0 Å². The lowest BCUT2D eigenvalue weighted by atomic mass is 9.75. The van der Waals surface area contributed by atoms with Gasteiger partial charge in [0.2, 0.25) is 0 Å². The molecule has 1 N–H and O–H groups in total. The average Bonchev–Trinajstić information content (AvgIpc) is 2.59. The number of fused-ring (bicyclic) bond motifs is 1. The maximum absolute atomic E-state index is 10.5. The fraction of sp³-hybridized carbons (Fsp3) is 0.727. The van der Waals surface area contributed by atoms with Crippen molar-refractivity contribution >= 4 is 12.4 Å². The molecule has 0 aromatic heterocycles. The SMILES string of the molecule is CC1CCC(C(C)C)C(OCC(O)CN2CCc3ccccc3C2)C1.Cl. The molecule has 4 heteroatoms. The minimum atomic E-state index is -0.393. The van der Waals surface area contributed by atoms with Gasteiger partial charge in [0.05, 0.1) is 18.8 Å². The Labute approximate surface area is 165 Å². The molecular weight excluding hydrogens is 346 g/mol. The zero-order chi connectivity index (χ0) is 17.8. The second-order valence-electron chi connectivity index (χ2n) is 8.61. The summed E-state index contributed by atoms with van der Waals surface area (Å²) in [5.74, 6) is 2.05. The van der Waals surface area contributed by atoms with Crippen molar-refractivity contribution in [2.24, 2.45) is 17.8 Å². The molecule has 0 radical (unpaired) electrons. The molecule has 1 aliphatic carbocycles. The minimum absolute atomic E-state index is 0. The lowest BCUT2D eigenvalue weighted by Gasteiger charge is -2.38. The van der Waals surface area contributed by atoms with Gasteiger partial charge in [-0.3, -0.25) is 4.90 Å². The Kier molecular flexibility index (Phi) is 8.41. The number of ether oxygens (including phenoxy) is 1. The van der Waals surface area contributed by atoms with E-state index in [0.717, 1.165) is 31.8 Å². The Morgan fingerprint density at radius 3 is 2.65 bits per heavy atom. The highest BCUT2D eigenvalue weighted by Gasteiger charge is 2.32. The summed E-state index contributed by atoms with van der Waals surface area (Å²) in [5, 5.41) is 10.5. The molecule has 0 amide bonds. The maximum Gasteiger partial charge on any atom is 0.0900 e. The van der Waals surface area contributed by atoms with Gasteiger partial charge in [-0.15, -0.1) is 12.4 Å². The van der Waals surface area contributed by atoms with Crippen molar-refractivity contribution in [1.29, 1.82) is 0 Å². The molecule has 0 bridgehead atoms. The van der Waals surface area contributed by atoms with Gasteiger partial charge in [-0.2, -0.15) is 0 Å². The lowest BCUT2D eigenvalue weighted by molar-refractivity contribution is -0.0744. The van der Waals surface area contributed by atoms with Gasteiger partial charge >= 0.3 is 0 Å². The molecule has 1 aliphatic heterocycles. The molecule has 0 saturated heterocycles. The topological polar surface area (TPSA) is 32.7 Å². The molecular formula is C22H36ClNO2. The van der Waals surface area contributed by atoms with E-state index in [1.165, 1.54) is 24.0 Å². The van der Waals surface area contributed by atoms with Crippen molar-refractivity contribution < 1.29 is 9.84 Å². The van der Waals surface area contributed by atoms with Gasteiger partial charge in [-0.05, 0) is 48.1 Å². The highest BCUT2D eigenvalue weighted by atomic mass is 35.5. The van der Waals surface area contributed by atoms with Gasteiger partial charge in [0.25, 0.3) is 0 Å². The van der Waals surface area contributed by atoms with Crippen molar-refractivity contribution in [3.05, 3.63) is 35.4 Å². The van der Waals surface area contributed by atoms with Crippen LogP contribution in [0.5, 0.6) is 0 Å². The van der Waals surface area contributed by atoms with Gasteiger partial charge in [0.15, 0.2) is 0 Å². The number of aliphatic hydroxyl groups is 1. The Morgan fingerprint density at radius 2 is 1.92 bits per heavy atom. The van der Waals surface area contributed by atoms with E-state index < -0.39 is 6.10 Å². The number of nitrogens with zero attached hydrogens (tertiary/aromatic N) is 1. The number of hydrogen-bond acceptors (Lipinski definition) is 3. The van der Waals surface area contributed by atoms with Crippen LogP contribution in [0.1, 0.15) is 51.2 Å². The molecule has 1 saturated carbocycles. The maximum atomic E-state index is 10.5. The van der Waals surface area contributed by atoms with Crippen molar-refractivity contribution in [3.63, 3.8) is 0 Å². The second kappa shape index (κ2) is 10.1. The van der Waals surface area contributed by atoms with E-state index in [0.29, 0.717) is 31.1 Å². The highest BCUT2D eigenvalue weighted by Crippen LogP contribution is 2.35. The summed E-state index contributed by atoms with van der Waals surface area (Å²) in [7, 11) is 0. The Hall–Kier alpha value is -0.610. The molecule has 2 aliphatic rings. The zero-order valence-electron chi connectivity index (χ0n) is 16.6. The van der Waals surface area contributed by atoms with Crippen molar-refractivity contribution in [3.8, 4) is 0 Å². The Bertz CT molecular complexity index is 551. The van der Waals surface area contributed by atoms with Crippen LogP contribution in [0.3, 0.4) is 0 Å². The standard InChI is InChI=1S/C22H35NO2.ClH/c1-16(2)21-9-8-17(3)12-22(21)25-15-20(24)14-23-11-10-18-6-4-5-7-19(18)13-23;/h4-7,16-17,20-22,24H,8-15H2,1-3H3;1H. The summed E-state index contributed by atoms with van der Waals surface area (Å²) < 4.78 is 6.22. The van der Waals surface area contributed by atoms with E-state index in [4.69, 9.17) is 4.74 Å². The summed E-state index contributed by atoms with van der Waals surface area (Å²) >= 11 is 0. The van der Waals surface area contributed by atoms with Gasteiger partial charge < -0.3 is 9.84 Å². The normalized spacial score (nSPS) is 27.7. The largest absolute Gasteiger partial charge is 0.389 e. The monoisotopic (exact) mass is 381 g/mol. The minimum Gasteiger partial charge on any atom is -0.389 e. The molecule has 4 atom stereocenters. The molecule has 1 aromatic carbocycles. The first-order chi connectivity index (χ1) is 12.0. The fourth-order valence-corrected chi connectivity index (χ4v) is 4.60. The summed E-state index contributed by atoms with van der Waals surface area (Å²) in [6.45, 7) is 10.1. The third-order valence-corrected chi connectivity index (χ3v) is 6.14. The summed E-state index contributed by atoms with van der Waals surface area (Å²) in [6.07, 6.45) is 4.74. The third-order valence-electron chi connectivity index (χ3n) is 6.14. The van der Waals surface area contributed by atoms with Crippen molar-refractivity contribution in [1.82, 2.24) is 4.90 Å². The molecule has 148 valence electrons. The fourth-order valence-electron chi connectivity index (χ4n) is 4.60. The molecule has 3 nitrogen and oxygen atoms in total. The number of aliphatic hydroxyl groups excluding tert-OH is 1. The van der Waals surface area contributed by atoms with Crippen LogP contribution in [-0.4, -0.2) is 41.9 Å². The van der Waals surface area contributed by atoms with Crippen LogP contribution in [-0.2, 0) is 17.7 Å². The second-order valence-corrected chi connectivity index (χ2v) is 8.61. The predicted octanol–water partition coefficient (Wildman–Crippen LogP) is 4.30. The first-order valence-corrected chi connectivity index (χ1v) is 10.1. The molecule has 26 heavy (non-hydrogen) atoms. The van der Waals surface area contributed by atoms with E-state index in [1.54, 1.807) is 0 Å². The van der Waals surface area contributed by atoms with Crippen LogP contribution in [0.15, 0.2) is 24.3 Å². The molecule has 3 rings (SSSR count). The van der Waals surface area contributed by atoms with Crippen LogP contribution >= 0.6 is 12.4 Å². The first kappa shape index (κ1) is 21.7. The first-order valence-electron chi connectivity index (χ1n) is 10.1. The number of halogens is 1. The number of hydrogen-bond donors (Lipinski definition) is 1. The number of rotatable bonds is 6. The van der Waals surface area contributed by atoms with Crippen molar-refractivity contribution in [2.45, 2.75) is 65.2 Å². The quantitative estimate of drug-likeness (QED) is 0.797. The smallest absolute Gasteiger partial charge is 0.0900 e. The number of β-amino-alcohol motifs (C(OH)–C–C–N with tert-alkyl or cyclic N) is 1. The lowest BCUT2D eigenvalue weighted by Crippen LogP contribution is -2.41. The zero-order valence-corrected chi connectivity index (χ0v) is 17.4. The van der Waals surface area contributed by atoms with Gasteiger partial charge in [-0.1, -0.05) is 51.5 Å². The van der Waals surface area contributed by atoms with Gasteiger partial charge in [-0.25, -0.2) is 0 Å². The van der Waals surface area contributed by atoms with Crippen LogP contribution in [0, 0.1) is 17.8 Å². The van der Waals surface area contributed by atoms with Crippen LogP contribution in [0.4, 0.5) is 0 Å². The van der Waals surface area contributed by atoms with Crippen molar-refractivity contribution in [2.75, 3.05) is 19.7 Å². The van der Waals surface area contributed by atoms with Crippen LogP contribution < -0.4 is 0 Å². The van der Waals surface area contributed by atoms with E-state index in [1.807, 2.05) is 0 Å². The Balaban J connectivity index is 0.00000243. The third kappa shape index (κ3) is 5.69.